The number of methoxy groups -OCH3 is 1. The van der Waals surface area contributed by atoms with Crippen molar-refractivity contribution in [3.8, 4) is 11.6 Å². The normalized spacial score (nSPS) is 14.8. The first-order chi connectivity index (χ1) is 14.8. The zero-order valence-corrected chi connectivity index (χ0v) is 17.1. The van der Waals surface area contributed by atoms with Gasteiger partial charge in [0.1, 0.15) is 5.75 Å². The molecule has 0 spiro atoms. The van der Waals surface area contributed by atoms with Gasteiger partial charge in [-0.25, -0.2) is 9.78 Å². The maximum atomic E-state index is 12.2. The van der Waals surface area contributed by atoms with Crippen LogP contribution in [0.15, 0.2) is 42.6 Å². The molecule has 2 aromatic rings. The largest absolute Gasteiger partial charge is 0.497 e. The zero-order chi connectivity index (χ0) is 22.3. The molecule has 0 radical (unpaired) electrons. The number of urea groups is 1. The summed E-state index contributed by atoms with van der Waals surface area (Å²) < 4.78 is 46.2. The standard InChI is InChI=1S/C21H25F3N4O3/c1-30-18-5-3-17(4-6-18)28-10-8-16(9-11-28)27-20(29)26-13-15-2-7-19(25-12-15)31-14-21(22,23)24/h2-7,12,16H,8-11,13-14H2,1H3,(H2,26,27,29). The fraction of sp³-hybridized carbons (Fsp3) is 0.429. The molecule has 10 heteroatoms. The van der Waals surface area contributed by atoms with Crippen LogP contribution in [0.4, 0.5) is 23.7 Å². The number of aromatic nitrogens is 1. The molecule has 2 N–H and O–H groups in total. The SMILES string of the molecule is COc1ccc(N2CCC(NC(=O)NCc3ccc(OCC(F)(F)F)nc3)CC2)cc1. The lowest BCUT2D eigenvalue weighted by Crippen LogP contribution is -2.47. The number of nitrogens with zero attached hydrogens (tertiary/aromatic N) is 2. The number of piperidine rings is 1. The molecule has 0 aliphatic carbocycles. The number of hydrogen-bond acceptors (Lipinski definition) is 5. The topological polar surface area (TPSA) is 75.7 Å². The molecule has 0 saturated carbocycles. The van der Waals surface area contributed by atoms with Crippen molar-refractivity contribution < 1.29 is 27.4 Å². The summed E-state index contributed by atoms with van der Waals surface area (Å²) in [5.74, 6) is 0.699. The monoisotopic (exact) mass is 438 g/mol. The molecule has 2 heterocycles. The summed E-state index contributed by atoms with van der Waals surface area (Å²) in [5.41, 5.74) is 1.78. The van der Waals surface area contributed by atoms with E-state index in [-0.39, 0.29) is 24.5 Å². The van der Waals surface area contributed by atoms with Gasteiger partial charge in [0.25, 0.3) is 0 Å². The van der Waals surface area contributed by atoms with Crippen molar-refractivity contribution >= 4 is 11.7 Å². The number of anilines is 1. The molecule has 168 valence electrons. The molecule has 1 saturated heterocycles. The lowest BCUT2D eigenvalue weighted by atomic mass is 10.0. The Bertz CT molecular complexity index is 836. The highest BCUT2D eigenvalue weighted by molar-refractivity contribution is 5.74. The van der Waals surface area contributed by atoms with Crippen LogP contribution < -0.4 is 25.0 Å². The van der Waals surface area contributed by atoms with E-state index in [2.05, 4.69) is 25.3 Å². The van der Waals surface area contributed by atoms with Crippen LogP contribution in [0.5, 0.6) is 11.6 Å². The molecule has 0 bridgehead atoms. The predicted octanol–water partition coefficient (Wildman–Crippen LogP) is 3.50. The van der Waals surface area contributed by atoms with Crippen LogP contribution in [0.3, 0.4) is 0 Å². The summed E-state index contributed by atoms with van der Waals surface area (Å²) in [6.45, 7) is 0.488. The molecular formula is C21H25F3N4O3. The smallest absolute Gasteiger partial charge is 0.422 e. The number of hydrogen-bond donors (Lipinski definition) is 2. The van der Waals surface area contributed by atoms with Gasteiger partial charge >= 0.3 is 12.2 Å². The second kappa shape index (κ2) is 10.2. The predicted molar refractivity (Wildman–Crippen MR) is 109 cm³/mol. The number of alkyl halides is 3. The van der Waals surface area contributed by atoms with Crippen molar-refractivity contribution in [1.82, 2.24) is 15.6 Å². The average Bonchev–Trinajstić information content (AvgIpc) is 2.77. The number of rotatable bonds is 7. The number of carbonyl (C=O) groups is 1. The summed E-state index contributed by atoms with van der Waals surface area (Å²) >= 11 is 0. The Morgan fingerprint density at radius 1 is 1.16 bits per heavy atom. The Morgan fingerprint density at radius 2 is 1.87 bits per heavy atom. The van der Waals surface area contributed by atoms with Gasteiger partial charge in [0.15, 0.2) is 6.61 Å². The maximum Gasteiger partial charge on any atom is 0.422 e. The quantitative estimate of drug-likeness (QED) is 0.692. The lowest BCUT2D eigenvalue weighted by Gasteiger charge is -2.34. The molecule has 7 nitrogen and oxygen atoms in total. The Balaban J connectivity index is 1.37. The molecule has 1 aliphatic heterocycles. The molecule has 1 aromatic carbocycles. The first kappa shape index (κ1) is 22.5. The van der Waals surface area contributed by atoms with Gasteiger partial charge in [-0.2, -0.15) is 13.2 Å². The van der Waals surface area contributed by atoms with Crippen molar-refractivity contribution in [3.05, 3.63) is 48.2 Å². The van der Waals surface area contributed by atoms with Crippen LogP contribution in [0.1, 0.15) is 18.4 Å². The Labute approximate surface area is 178 Å². The van der Waals surface area contributed by atoms with E-state index in [4.69, 9.17) is 4.74 Å². The third-order valence-electron chi connectivity index (χ3n) is 4.90. The van der Waals surface area contributed by atoms with E-state index in [0.717, 1.165) is 37.4 Å². The van der Waals surface area contributed by atoms with E-state index >= 15 is 0 Å². The van der Waals surface area contributed by atoms with Crippen molar-refractivity contribution in [3.63, 3.8) is 0 Å². The molecule has 1 aromatic heterocycles. The van der Waals surface area contributed by atoms with E-state index in [0.29, 0.717) is 5.56 Å². The molecule has 3 rings (SSSR count). The third kappa shape index (κ3) is 7.23. The Morgan fingerprint density at radius 3 is 2.45 bits per heavy atom. The van der Waals surface area contributed by atoms with E-state index in [1.807, 2.05) is 24.3 Å². The number of ether oxygens (including phenoxy) is 2. The average molecular weight is 438 g/mol. The number of amides is 2. The van der Waals surface area contributed by atoms with Crippen molar-refractivity contribution in [2.24, 2.45) is 0 Å². The zero-order valence-electron chi connectivity index (χ0n) is 17.1. The van der Waals surface area contributed by atoms with E-state index in [1.54, 1.807) is 13.2 Å². The highest BCUT2D eigenvalue weighted by atomic mass is 19.4. The highest BCUT2D eigenvalue weighted by Crippen LogP contribution is 2.23. The van der Waals surface area contributed by atoms with Crippen molar-refractivity contribution in [2.75, 3.05) is 31.7 Å². The Hall–Kier alpha value is -3.17. The van der Waals surface area contributed by atoms with Gasteiger partial charge in [-0.3, -0.25) is 0 Å². The van der Waals surface area contributed by atoms with Crippen LogP contribution in [0.2, 0.25) is 0 Å². The van der Waals surface area contributed by atoms with Gasteiger partial charge in [0, 0.05) is 43.6 Å². The number of carbonyl (C=O) groups excluding carboxylic acids is 1. The van der Waals surface area contributed by atoms with Crippen LogP contribution in [-0.2, 0) is 6.54 Å². The number of benzene rings is 1. The fourth-order valence-electron chi connectivity index (χ4n) is 3.25. The molecule has 1 fully saturated rings. The summed E-state index contributed by atoms with van der Waals surface area (Å²) in [4.78, 5) is 18.3. The Kier molecular flexibility index (Phi) is 7.43. The van der Waals surface area contributed by atoms with Gasteiger partial charge in [0.05, 0.1) is 7.11 Å². The summed E-state index contributed by atoms with van der Waals surface area (Å²) in [6.07, 6.45) is -1.39. The van der Waals surface area contributed by atoms with Crippen LogP contribution in [-0.4, -0.2) is 50.0 Å². The first-order valence-electron chi connectivity index (χ1n) is 9.90. The highest BCUT2D eigenvalue weighted by Gasteiger charge is 2.28. The van der Waals surface area contributed by atoms with Crippen molar-refractivity contribution in [2.45, 2.75) is 31.6 Å². The second-order valence-corrected chi connectivity index (χ2v) is 7.19. The van der Waals surface area contributed by atoms with Crippen LogP contribution in [0, 0.1) is 0 Å². The van der Waals surface area contributed by atoms with Gasteiger partial charge in [0.2, 0.25) is 5.88 Å². The molecule has 2 amide bonds. The minimum absolute atomic E-state index is 0.0748. The van der Waals surface area contributed by atoms with E-state index in [1.165, 1.54) is 12.3 Å². The molecule has 0 unspecified atom stereocenters. The molecule has 0 atom stereocenters. The van der Waals surface area contributed by atoms with Gasteiger partial charge < -0.3 is 25.0 Å². The summed E-state index contributed by atoms with van der Waals surface area (Å²) in [7, 11) is 1.63. The third-order valence-corrected chi connectivity index (χ3v) is 4.90. The van der Waals surface area contributed by atoms with Gasteiger partial charge in [-0.15, -0.1) is 0 Å². The minimum atomic E-state index is -4.41. The van der Waals surface area contributed by atoms with E-state index < -0.39 is 12.8 Å². The first-order valence-corrected chi connectivity index (χ1v) is 9.90. The molecule has 31 heavy (non-hydrogen) atoms. The number of pyridine rings is 1. The number of nitrogens with one attached hydrogen (secondary N) is 2. The summed E-state index contributed by atoms with van der Waals surface area (Å²) in [5, 5.41) is 5.70. The van der Waals surface area contributed by atoms with Crippen molar-refractivity contribution in [1.29, 1.82) is 0 Å². The van der Waals surface area contributed by atoms with Gasteiger partial charge in [-0.1, -0.05) is 6.07 Å². The van der Waals surface area contributed by atoms with E-state index in [9.17, 15) is 18.0 Å². The maximum absolute atomic E-state index is 12.2. The van der Waals surface area contributed by atoms with Crippen LogP contribution in [0.25, 0.3) is 0 Å². The summed E-state index contributed by atoms with van der Waals surface area (Å²) in [6, 6.07) is 10.6. The molecule has 1 aliphatic rings. The number of halogens is 3. The molecular weight excluding hydrogens is 413 g/mol. The lowest BCUT2D eigenvalue weighted by molar-refractivity contribution is -0.154. The van der Waals surface area contributed by atoms with Gasteiger partial charge in [-0.05, 0) is 42.7 Å². The van der Waals surface area contributed by atoms with Crippen LogP contribution >= 0.6 is 0 Å². The minimum Gasteiger partial charge on any atom is -0.497 e. The second-order valence-electron chi connectivity index (χ2n) is 7.19. The fourth-order valence-corrected chi connectivity index (χ4v) is 3.25.